The average molecular weight is 234 g/mol. The summed E-state index contributed by atoms with van der Waals surface area (Å²) in [5.74, 6) is 0.243. The Hall–Kier alpha value is -1.44. The van der Waals surface area contributed by atoms with Gasteiger partial charge in [-0.2, -0.15) is 0 Å². The zero-order chi connectivity index (χ0) is 12.5. The summed E-state index contributed by atoms with van der Waals surface area (Å²) in [5, 5.41) is 18.6. The van der Waals surface area contributed by atoms with Crippen molar-refractivity contribution in [2.24, 2.45) is 0 Å². The first-order valence-corrected chi connectivity index (χ1v) is 6.39. The van der Waals surface area contributed by atoms with Crippen molar-refractivity contribution in [2.45, 2.75) is 45.4 Å². The van der Waals surface area contributed by atoms with Crippen LogP contribution in [0.4, 0.5) is 0 Å². The molecule has 2 heteroatoms. The van der Waals surface area contributed by atoms with E-state index in [1.54, 1.807) is 12.1 Å². The van der Waals surface area contributed by atoms with E-state index in [9.17, 15) is 10.2 Å². The summed E-state index contributed by atoms with van der Waals surface area (Å²) in [4.78, 5) is 0. The molecule has 1 aromatic rings. The molecule has 0 aliphatic rings. The largest absolute Gasteiger partial charge is 0.508 e. The molecular formula is C15H22O2. The van der Waals surface area contributed by atoms with Gasteiger partial charge in [0, 0.05) is 6.07 Å². The van der Waals surface area contributed by atoms with Gasteiger partial charge in [0.1, 0.15) is 11.5 Å². The number of unbranched alkanes of at least 4 members (excludes halogenated alkanes) is 4. The van der Waals surface area contributed by atoms with E-state index in [1.165, 1.54) is 31.7 Å². The lowest BCUT2D eigenvalue weighted by atomic mass is 10.1. The molecule has 0 bridgehead atoms. The third kappa shape index (κ3) is 6.00. The van der Waals surface area contributed by atoms with Gasteiger partial charge in [-0.05, 0) is 37.0 Å². The highest BCUT2D eigenvalue weighted by molar-refractivity contribution is 5.37. The Morgan fingerprint density at radius 3 is 2.29 bits per heavy atom. The molecule has 0 radical (unpaired) electrons. The topological polar surface area (TPSA) is 40.5 Å². The molecule has 0 unspecified atom stereocenters. The number of aromatic hydroxyl groups is 2. The van der Waals surface area contributed by atoms with Crippen LogP contribution in [0.2, 0.25) is 0 Å². The van der Waals surface area contributed by atoms with Crippen LogP contribution in [-0.2, 0) is 6.42 Å². The van der Waals surface area contributed by atoms with Crippen LogP contribution in [0.25, 0.3) is 0 Å². The van der Waals surface area contributed by atoms with E-state index in [1.807, 2.05) is 0 Å². The summed E-state index contributed by atoms with van der Waals surface area (Å²) in [6.07, 6.45) is 11.3. The zero-order valence-electron chi connectivity index (χ0n) is 10.5. The van der Waals surface area contributed by atoms with E-state index in [0.717, 1.165) is 18.4 Å². The van der Waals surface area contributed by atoms with Gasteiger partial charge in [-0.15, -0.1) is 0 Å². The Morgan fingerprint density at radius 2 is 1.65 bits per heavy atom. The minimum absolute atomic E-state index is 0.122. The van der Waals surface area contributed by atoms with Gasteiger partial charge in [0.05, 0.1) is 0 Å². The molecule has 0 spiro atoms. The number of allylic oxidation sites excluding steroid dienone is 2. The SMILES string of the molecule is CCCCCCC=CCc1cc(O)cc(O)c1. The lowest BCUT2D eigenvalue weighted by molar-refractivity contribution is 0.449. The third-order valence-corrected chi connectivity index (χ3v) is 2.71. The Kier molecular flexibility index (Phi) is 6.23. The van der Waals surface area contributed by atoms with Crippen molar-refractivity contribution < 1.29 is 10.2 Å². The summed E-state index contributed by atoms with van der Waals surface area (Å²) < 4.78 is 0. The molecule has 2 nitrogen and oxygen atoms in total. The maximum absolute atomic E-state index is 9.31. The third-order valence-electron chi connectivity index (χ3n) is 2.71. The van der Waals surface area contributed by atoms with Gasteiger partial charge in [-0.3, -0.25) is 0 Å². The number of benzene rings is 1. The van der Waals surface area contributed by atoms with E-state index in [0.29, 0.717) is 0 Å². The van der Waals surface area contributed by atoms with Crippen LogP contribution >= 0.6 is 0 Å². The number of hydrogen-bond donors (Lipinski definition) is 2. The summed E-state index contributed by atoms with van der Waals surface area (Å²) in [6.45, 7) is 2.21. The second-order valence-electron chi connectivity index (χ2n) is 4.38. The first kappa shape index (κ1) is 13.6. The normalized spacial score (nSPS) is 11.1. The lowest BCUT2D eigenvalue weighted by Gasteiger charge is -2.00. The van der Waals surface area contributed by atoms with Crippen molar-refractivity contribution in [3.8, 4) is 11.5 Å². The number of phenols is 2. The van der Waals surface area contributed by atoms with Gasteiger partial charge in [-0.25, -0.2) is 0 Å². The van der Waals surface area contributed by atoms with Crippen molar-refractivity contribution in [1.82, 2.24) is 0 Å². The van der Waals surface area contributed by atoms with E-state index in [2.05, 4.69) is 19.1 Å². The van der Waals surface area contributed by atoms with Crippen LogP contribution in [0.3, 0.4) is 0 Å². The monoisotopic (exact) mass is 234 g/mol. The molecule has 0 aromatic heterocycles. The number of phenolic OH excluding ortho intramolecular Hbond substituents is 2. The maximum atomic E-state index is 9.31. The molecule has 17 heavy (non-hydrogen) atoms. The fourth-order valence-corrected chi connectivity index (χ4v) is 1.80. The zero-order valence-corrected chi connectivity index (χ0v) is 10.5. The van der Waals surface area contributed by atoms with Crippen molar-refractivity contribution in [3.63, 3.8) is 0 Å². The molecule has 0 aliphatic carbocycles. The van der Waals surface area contributed by atoms with Crippen molar-refractivity contribution in [3.05, 3.63) is 35.9 Å². The summed E-state index contributed by atoms with van der Waals surface area (Å²) in [6, 6.07) is 4.71. The van der Waals surface area contributed by atoms with E-state index in [4.69, 9.17) is 0 Å². The summed E-state index contributed by atoms with van der Waals surface area (Å²) in [5.41, 5.74) is 0.937. The molecule has 2 N–H and O–H groups in total. The average Bonchev–Trinajstić information content (AvgIpc) is 2.26. The van der Waals surface area contributed by atoms with Crippen molar-refractivity contribution in [2.75, 3.05) is 0 Å². The first-order valence-electron chi connectivity index (χ1n) is 6.39. The molecule has 94 valence electrons. The standard InChI is InChI=1S/C15H22O2/c1-2-3-4-5-6-7-8-9-13-10-14(16)12-15(17)11-13/h7-8,10-12,16-17H,2-6,9H2,1H3. The Morgan fingerprint density at radius 1 is 0.941 bits per heavy atom. The molecule has 0 saturated carbocycles. The molecule has 0 atom stereocenters. The van der Waals surface area contributed by atoms with Crippen LogP contribution in [0.5, 0.6) is 11.5 Å². The van der Waals surface area contributed by atoms with Crippen LogP contribution in [-0.4, -0.2) is 10.2 Å². The van der Waals surface area contributed by atoms with Crippen molar-refractivity contribution in [1.29, 1.82) is 0 Å². The van der Waals surface area contributed by atoms with Gasteiger partial charge in [0.25, 0.3) is 0 Å². The first-order chi connectivity index (χ1) is 8.22. The molecule has 0 fully saturated rings. The second-order valence-corrected chi connectivity index (χ2v) is 4.38. The Labute approximate surface area is 104 Å². The molecular weight excluding hydrogens is 212 g/mol. The number of rotatable bonds is 7. The van der Waals surface area contributed by atoms with E-state index in [-0.39, 0.29) is 11.5 Å². The second kappa shape index (κ2) is 7.77. The highest BCUT2D eigenvalue weighted by Crippen LogP contribution is 2.20. The highest BCUT2D eigenvalue weighted by Gasteiger charge is 1.96. The minimum atomic E-state index is 0.122. The van der Waals surface area contributed by atoms with Crippen LogP contribution < -0.4 is 0 Å². The highest BCUT2D eigenvalue weighted by atomic mass is 16.3. The fraction of sp³-hybridized carbons (Fsp3) is 0.467. The van der Waals surface area contributed by atoms with Crippen molar-refractivity contribution >= 4 is 0 Å². The summed E-state index contributed by atoms with van der Waals surface area (Å²) in [7, 11) is 0. The van der Waals surface area contributed by atoms with Crippen LogP contribution in [0.1, 0.15) is 44.6 Å². The molecule has 0 amide bonds. The molecule has 0 saturated heterocycles. The van der Waals surface area contributed by atoms with Gasteiger partial charge < -0.3 is 10.2 Å². The molecule has 0 heterocycles. The maximum Gasteiger partial charge on any atom is 0.119 e. The molecule has 1 rings (SSSR count). The van der Waals surface area contributed by atoms with Gasteiger partial charge in [0.15, 0.2) is 0 Å². The van der Waals surface area contributed by atoms with E-state index >= 15 is 0 Å². The van der Waals surface area contributed by atoms with Gasteiger partial charge >= 0.3 is 0 Å². The predicted molar refractivity (Wildman–Crippen MR) is 71.4 cm³/mol. The molecule has 1 aromatic carbocycles. The fourth-order valence-electron chi connectivity index (χ4n) is 1.80. The Balaban J connectivity index is 2.27. The quantitative estimate of drug-likeness (QED) is 0.549. The minimum Gasteiger partial charge on any atom is -0.508 e. The number of hydrogen-bond acceptors (Lipinski definition) is 2. The summed E-state index contributed by atoms with van der Waals surface area (Å²) >= 11 is 0. The van der Waals surface area contributed by atoms with Crippen LogP contribution in [0, 0.1) is 0 Å². The van der Waals surface area contributed by atoms with E-state index < -0.39 is 0 Å². The molecule has 0 aliphatic heterocycles. The Bertz CT molecular complexity index is 336. The van der Waals surface area contributed by atoms with Gasteiger partial charge in [-0.1, -0.05) is 38.3 Å². The van der Waals surface area contributed by atoms with Crippen LogP contribution in [0.15, 0.2) is 30.4 Å². The smallest absolute Gasteiger partial charge is 0.119 e. The van der Waals surface area contributed by atoms with Gasteiger partial charge in [0.2, 0.25) is 0 Å². The lowest BCUT2D eigenvalue weighted by Crippen LogP contribution is -1.81. The predicted octanol–water partition coefficient (Wildman–Crippen LogP) is 4.17.